The lowest BCUT2D eigenvalue weighted by atomic mass is 9.96. The molecule has 6 nitrogen and oxygen atoms in total. The summed E-state index contributed by atoms with van der Waals surface area (Å²) >= 11 is 0. The highest BCUT2D eigenvalue weighted by atomic mass is 16.3. The van der Waals surface area contributed by atoms with E-state index in [2.05, 4.69) is 41.0 Å². The van der Waals surface area contributed by atoms with Crippen LogP contribution < -0.4 is 4.90 Å². The topological polar surface area (TPSA) is 67.2 Å². The molecule has 2 saturated heterocycles. The molecule has 1 atom stereocenters. The Labute approximate surface area is 156 Å². The molecule has 0 aliphatic carbocycles. The van der Waals surface area contributed by atoms with Gasteiger partial charge >= 0.3 is 0 Å². The van der Waals surface area contributed by atoms with Crippen LogP contribution in [0.25, 0.3) is 0 Å². The van der Waals surface area contributed by atoms with Gasteiger partial charge in [0.15, 0.2) is 0 Å². The molecule has 2 heterocycles. The summed E-state index contributed by atoms with van der Waals surface area (Å²) in [6, 6.07) is 8.55. The molecule has 0 spiro atoms. The van der Waals surface area contributed by atoms with Crippen LogP contribution in [0.4, 0.5) is 5.69 Å². The van der Waals surface area contributed by atoms with Crippen molar-refractivity contribution in [2.45, 2.75) is 31.8 Å². The maximum atomic E-state index is 12.6. The Hall–Kier alpha value is -1.63. The summed E-state index contributed by atoms with van der Waals surface area (Å²) < 4.78 is 0. The quantitative estimate of drug-likeness (QED) is 0.832. The number of benzene rings is 1. The van der Waals surface area contributed by atoms with E-state index in [0.29, 0.717) is 32.5 Å². The Bertz CT molecular complexity index is 616. The highest BCUT2D eigenvalue weighted by Crippen LogP contribution is 2.22. The smallest absolute Gasteiger partial charge is 0.236 e. The van der Waals surface area contributed by atoms with Gasteiger partial charge in [0.25, 0.3) is 0 Å². The number of carbonyl (C=O) groups is 1. The fourth-order valence-electron chi connectivity index (χ4n) is 3.87. The molecule has 1 unspecified atom stereocenters. The molecule has 144 valence electrons. The molecule has 2 N–H and O–H groups in total. The largest absolute Gasteiger partial charge is 0.393 e. The fraction of sp³-hybridized carbons (Fsp3) is 0.650. The van der Waals surface area contributed by atoms with Crippen LogP contribution in [-0.4, -0.2) is 83.9 Å². The van der Waals surface area contributed by atoms with E-state index < -0.39 is 5.60 Å². The van der Waals surface area contributed by atoms with Crippen LogP contribution in [0.5, 0.6) is 0 Å². The summed E-state index contributed by atoms with van der Waals surface area (Å²) in [5.74, 6) is 0.135. The Morgan fingerprint density at radius 2 is 1.88 bits per heavy atom. The van der Waals surface area contributed by atoms with E-state index in [4.69, 9.17) is 0 Å². The fourth-order valence-corrected chi connectivity index (χ4v) is 3.87. The van der Waals surface area contributed by atoms with Crippen LogP contribution in [0.2, 0.25) is 0 Å². The number of aryl methyl sites for hydroxylation is 1. The summed E-state index contributed by atoms with van der Waals surface area (Å²) in [6.07, 6.45) is 1.75. The van der Waals surface area contributed by atoms with Gasteiger partial charge < -0.3 is 20.0 Å². The number of nitrogens with zero attached hydrogens (tertiary/aromatic N) is 3. The minimum Gasteiger partial charge on any atom is -0.393 e. The molecular weight excluding hydrogens is 330 g/mol. The van der Waals surface area contributed by atoms with E-state index in [1.54, 1.807) is 0 Å². The lowest BCUT2D eigenvalue weighted by molar-refractivity contribution is -0.132. The molecule has 0 bridgehead atoms. The first-order valence-corrected chi connectivity index (χ1v) is 9.64. The molecule has 26 heavy (non-hydrogen) atoms. The van der Waals surface area contributed by atoms with E-state index in [1.807, 2.05) is 4.90 Å². The molecule has 6 heteroatoms. The number of likely N-dealkylation sites (tertiary alicyclic amines) is 1. The maximum Gasteiger partial charge on any atom is 0.236 e. The van der Waals surface area contributed by atoms with Gasteiger partial charge in [0, 0.05) is 45.0 Å². The molecular formula is C20H31N3O3. The van der Waals surface area contributed by atoms with Crippen LogP contribution >= 0.6 is 0 Å². The molecule has 0 aromatic heterocycles. The molecule has 1 aromatic carbocycles. The zero-order chi connectivity index (χ0) is 18.6. The van der Waals surface area contributed by atoms with Gasteiger partial charge in [-0.25, -0.2) is 0 Å². The van der Waals surface area contributed by atoms with Gasteiger partial charge in [-0.05, 0) is 43.9 Å². The van der Waals surface area contributed by atoms with Crippen molar-refractivity contribution in [3.05, 3.63) is 29.8 Å². The van der Waals surface area contributed by atoms with E-state index in [0.717, 1.165) is 32.6 Å². The predicted molar refractivity (Wildman–Crippen MR) is 102 cm³/mol. The molecule has 0 saturated carbocycles. The summed E-state index contributed by atoms with van der Waals surface area (Å²) in [7, 11) is 0. The van der Waals surface area contributed by atoms with Crippen LogP contribution in [0.1, 0.15) is 24.8 Å². The molecule has 3 rings (SSSR count). The second-order valence-electron chi connectivity index (χ2n) is 7.72. The van der Waals surface area contributed by atoms with Crippen molar-refractivity contribution in [2.24, 2.45) is 0 Å². The molecule has 1 amide bonds. The van der Waals surface area contributed by atoms with Crippen LogP contribution in [0.15, 0.2) is 24.3 Å². The minimum absolute atomic E-state index is 0.135. The van der Waals surface area contributed by atoms with Gasteiger partial charge in [-0.15, -0.1) is 0 Å². The molecule has 0 radical (unpaired) electrons. The number of carbonyl (C=O) groups excluding carboxylic acids is 1. The van der Waals surface area contributed by atoms with Crippen molar-refractivity contribution in [1.29, 1.82) is 0 Å². The zero-order valence-electron chi connectivity index (χ0n) is 15.7. The summed E-state index contributed by atoms with van der Waals surface area (Å²) in [4.78, 5) is 19.1. The average molecular weight is 361 g/mol. The number of aliphatic hydroxyl groups is 2. The van der Waals surface area contributed by atoms with Gasteiger partial charge in [-0.1, -0.05) is 12.1 Å². The van der Waals surface area contributed by atoms with Crippen molar-refractivity contribution in [3.8, 4) is 0 Å². The average Bonchev–Trinajstić information content (AvgIpc) is 2.85. The van der Waals surface area contributed by atoms with Crippen molar-refractivity contribution < 1.29 is 15.0 Å². The number of anilines is 1. The van der Waals surface area contributed by atoms with Gasteiger partial charge in [0.1, 0.15) is 0 Å². The summed E-state index contributed by atoms with van der Waals surface area (Å²) in [6.45, 7) is 7.15. The van der Waals surface area contributed by atoms with Gasteiger partial charge in [-0.3, -0.25) is 9.69 Å². The van der Waals surface area contributed by atoms with Crippen LogP contribution in [-0.2, 0) is 4.79 Å². The van der Waals surface area contributed by atoms with Gasteiger partial charge in [0.05, 0.1) is 18.8 Å². The predicted octanol–water partition coefficient (Wildman–Crippen LogP) is 0.853. The lowest BCUT2D eigenvalue weighted by Gasteiger charge is -2.36. The van der Waals surface area contributed by atoms with E-state index >= 15 is 0 Å². The number of hydrogen-bond acceptors (Lipinski definition) is 5. The third-order valence-electron chi connectivity index (χ3n) is 5.66. The number of aliphatic hydroxyl groups excluding tert-OH is 1. The third-order valence-corrected chi connectivity index (χ3v) is 5.66. The van der Waals surface area contributed by atoms with Crippen LogP contribution in [0, 0.1) is 6.92 Å². The first kappa shape index (κ1) is 19.1. The van der Waals surface area contributed by atoms with E-state index in [-0.39, 0.29) is 12.5 Å². The van der Waals surface area contributed by atoms with E-state index in [1.165, 1.54) is 11.3 Å². The number of rotatable bonds is 4. The van der Waals surface area contributed by atoms with Crippen LogP contribution in [0.3, 0.4) is 0 Å². The Kier molecular flexibility index (Phi) is 6.16. The molecule has 2 fully saturated rings. The number of amides is 1. The monoisotopic (exact) mass is 361 g/mol. The standard InChI is InChI=1S/C20H31N3O3/c1-17-4-2-5-18(14-17)22-12-10-21(11-13-22)15-19(25)23-8-3-6-20(26,16-24)7-9-23/h2,4-5,14,24,26H,3,6-13,15-16H2,1H3. The highest BCUT2D eigenvalue weighted by molar-refractivity contribution is 5.78. The first-order chi connectivity index (χ1) is 12.5. The second kappa shape index (κ2) is 8.37. The Balaban J connectivity index is 1.47. The first-order valence-electron chi connectivity index (χ1n) is 9.64. The summed E-state index contributed by atoms with van der Waals surface area (Å²) in [5.41, 5.74) is 1.50. The summed E-state index contributed by atoms with van der Waals surface area (Å²) in [5, 5.41) is 19.6. The van der Waals surface area contributed by atoms with E-state index in [9.17, 15) is 15.0 Å². The zero-order valence-corrected chi connectivity index (χ0v) is 15.7. The second-order valence-corrected chi connectivity index (χ2v) is 7.72. The molecule has 2 aliphatic rings. The number of piperazine rings is 1. The Morgan fingerprint density at radius 1 is 1.12 bits per heavy atom. The van der Waals surface area contributed by atoms with Crippen molar-refractivity contribution in [2.75, 3.05) is 57.3 Å². The van der Waals surface area contributed by atoms with Crippen molar-refractivity contribution in [1.82, 2.24) is 9.80 Å². The van der Waals surface area contributed by atoms with Gasteiger partial charge in [-0.2, -0.15) is 0 Å². The third kappa shape index (κ3) is 4.75. The SMILES string of the molecule is Cc1cccc(N2CCN(CC(=O)N3CCCC(O)(CO)CC3)CC2)c1. The maximum absolute atomic E-state index is 12.6. The molecule has 2 aliphatic heterocycles. The van der Waals surface area contributed by atoms with Crippen molar-refractivity contribution in [3.63, 3.8) is 0 Å². The van der Waals surface area contributed by atoms with Crippen molar-refractivity contribution >= 4 is 11.6 Å². The lowest BCUT2D eigenvalue weighted by Crippen LogP contribution is -2.50. The normalized spacial score (nSPS) is 25.2. The highest BCUT2D eigenvalue weighted by Gasteiger charge is 2.31. The number of hydrogen-bond donors (Lipinski definition) is 2. The minimum atomic E-state index is -1.02. The van der Waals surface area contributed by atoms with Gasteiger partial charge in [0.2, 0.25) is 5.91 Å². The Morgan fingerprint density at radius 3 is 2.58 bits per heavy atom. The molecule has 1 aromatic rings.